The largest absolute Gasteiger partial charge is 0.494 e. The number of amides is 1. The van der Waals surface area contributed by atoms with Crippen LogP contribution >= 0.6 is 11.3 Å². The molecule has 1 aliphatic heterocycles. The highest BCUT2D eigenvalue weighted by Crippen LogP contribution is 2.27. The van der Waals surface area contributed by atoms with Gasteiger partial charge in [0.2, 0.25) is 0 Å². The van der Waals surface area contributed by atoms with E-state index in [4.69, 9.17) is 4.74 Å². The number of nitrogens with zero attached hydrogens (tertiary/aromatic N) is 4. The van der Waals surface area contributed by atoms with Crippen molar-refractivity contribution in [2.75, 3.05) is 37.7 Å². The van der Waals surface area contributed by atoms with Crippen molar-refractivity contribution >= 4 is 33.3 Å². The van der Waals surface area contributed by atoms with Gasteiger partial charge in [0.15, 0.2) is 0 Å². The number of ether oxygens (including phenoxy) is 1. The minimum Gasteiger partial charge on any atom is -0.494 e. The predicted octanol–water partition coefficient (Wildman–Crippen LogP) is 4.22. The van der Waals surface area contributed by atoms with Crippen molar-refractivity contribution < 1.29 is 9.53 Å². The fourth-order valence-corrected chi connectivity index (χ4v) is 4.30. The average molecular weight is 411 g/mol. The first-order valence-electron chi connectivity index (χ1n) is 10.2. The first-order valence-corrected chi connectivity index (χ1v) is 11.1. The Bertz CT molecular complexity index is 949. The highest BCUT2D eigenvalue weighted by atomic mass is 32.1. The summed E-state index contributed by atoms with van der Waals surface area (Å²) >= 11 is 1.62. The van der Waals surface area contributed by atoms with E-state index in [1.807, 2.05) is 34.5 Å². The Balaban J connectivity index is 1.33. The third-order valence-corrected chi connectivity index (χ3v) is 6.05. The van der Waals surface area contributed by atoms with Gasteiger partial charge in [0.05, 0.1) is 12.0 Å². The molecule has 152 valence electrons. The molecule has 0 N–H and O–H groups in total. The minimum atomic E-state index is 0.0746. The van der Waals surface area contributed by atoms with E-state index in [1.54, 1.807) is 17.7 Å². The lowest BCUT2D eigenvalue weighted by Gasteiger charge is -2.35. The molecular formula is C22H26N4O2S. The van der Waals surface area contributed by atoms with Crippen molar-refractivity contribution in [3.05, 3.63) is 47.6 Å². The van der Waals surface area contributed by atoms with Gasteiger partial charge >= 0.3 is 0 Å². The van der Waals surface area contributed by atoms with E-state index in [-0.39, 0.29) is 5.91 Å². The molecule has 1 fully saturated rings. The number of rotatable bonds is 7. The van der Waals surface area contributed by atoms with Gasteiger partial charge in [-0.2, -0.15) is 0 Å². The number of fused-ring (bicyclic) bond motifs is 1. The molecule has 7 heteroatoms. The van der Waals surface area contributed by atoms with Crippen molar-refractivity contribution in [2.24, 2.45) is 0 Å². The Kier molecular flexibility index (Phi) is 6.24. The van der Waals surface area contributed by atoms with E-state index in [0.717, 1.165) is 47.9 Å². The summed E-state index contributed by atoms with van der Waals surface area (Å²) in [5.41, 5.74) is 0.710. The van der Waals surface area contributed by atoms with Crippen LogP contribution in [0.25, 0.3) is 10.2 Å². The van der Waals surface area contributed by atoms with Crippen molar-refractivity contribution in [3.63, 3.8) is 0 Å². The van der Waals surface area contributed by atoms with Crippen LogP contribution in [0.1, 0.15) is 36.5 Å². The summed E-state index contributed by atoms with van der Waals surface area (Å²) in [5, 5.41) is 3.13. The number of carbonyl (C=O) groups is 1. The molecule has 0 spiro atoms. The third-order valence-electron chi connectivity index (χ3n) is 5.23. The number of hydrogen-bond acceptors (Lipinski definition) is 6. The predicted molar refractivity (Wildman–Crippen MR) is 117 cm³/mol. The van der Waals surface area contributed by atoms with Gasteiger partial charge in [-0.15, -0.1) is 11.3 Å². The van der Waals surface area contributed by atoms with Crippen molar-refractivity contribution in [1.29, 1.82) is 0 Å². The van der Waals surface area contributed by atoms with Gasteiger partial charge in [0.1, 0.15) is 22.7 Å². The molecule has 0 saturated carbocycles. The highest BCUT2D eigenvalue weighted by Gasteiger charge is 2.24. The second kappa shape index (κ2) is 9.22. The maximum atomic E-state index is 12.9. The lowest BCUT2D eigenvalue weighted by atomic mass is 10.1. The molecule has 4 rings (SSSR count). The van der Waals surface area contributed by atoms with E-state index >= 15 is 0 Å². The number of piperazine rings is 1. The van der Waals surface area contributed by atoms with Gasteiger partial charge < -0.3 is 14.5 Å². The Hall–Kier alpha value is -2.67. The lowest BCUT2D eigenvalue weighted by molar-refractivity contribution is 0.0746. The summed E-state index contributed by atoms with van der Waals surface area (Å²) in [5.74, 6) is 1.87. The molecule has 1 aromatic carbocycles. The smallest absolute Gasteiger partial charge is 0.253 e. The monoisotopic (exact) mass is 410 g/mol. The zero-order chi connectivity index (χ0) is 20.1. The average Bonchev–Trinajstić information content (AvgIpc) is 3.26. The first kappa shape index (κ1) is 19.6. The van der Waals surface area contributed by atoms with Crippen molar-refractivity contribution in [3.8, 4) is 5.75 Å². The van der Waals surface area contributed by atoms with Crippen LogP contribution < -0.4 is 9.64 Å². The summed E-state index contributed by atoms with van der Waals surface area (Å²) in [7, 11) is 0. The molecule has 1 amide bonds. The summed E-state index contributed by atoms with van der Waals surface area (Å²) < 4.78 is 5.74. The molecule has 3 aromatic rings. The van der Waals surface area contributed by atoms with Crippen LogP contribution in [-0.2, 0) is 0 Å². The summed E-state index contributed by atoms with van der Waals surface area (Å²) in [6.07, 6.45) is 5.04. The zero-order valence-corrected chi connectivity index (χ0v) is 17.5. The van der Waals surface area contributed by atoms with Crippen molar-refractivity contribution in [2.45, 2.75) is 26.2 Å². The molecule has 0 aliphatic carbocycles. The lowest BCUT2D eigenvalue weighted by Crippen LogP contribution is -2.49. The van der Waals surface area contributed by atoms with E-state index in [0.29, 0.717) is 18.7 Å². The molecule has 2 aromatic heterocycles. The van der Waals surface area contributed by atoms with E-state index in [9.17, 15) is 4.79 Å². The van der Waals surface area contributed by atoms with E-state index in [2.05, 4.69) is 27.9 Å². The molecular weight excluding hydrogens is 384 g/mol. The van der Waals surface area contributed by atoms with Crippen LogP contribution in [0.3, 0.4) is 0 Å². The summed E-state index contributed by atoms with van der Waals surface area (Å²) in [4.78, 5) is 26.8. The topological polar surface area (TPSA) is 58.6 Å². The number of hydrogen-bond donors (Lipinski definition) is 0. The molecule has 0 unspecified atom stereocenters. The van der Waals surface area contributed by atoms with E-state index < -0.39 is 0 Å². The van der Waals surface area contributed by atoms with Crippen molar-refractivity contribution in [1.82, 2.24) is 14.9 Å². The number of carbonyl (C=O) groups excluding carboxylic acids is 1. The molecule has 0 bridgehead atoms. The Morgan fingerprint density at radius 2 is 1.86 bits per heavy atom. The third kappa shape index (κ3) is 4.50. The minimum absolute atomic E-state index is 0.0746. The number of thiophene rings is 1. The fourth-order valence-electron chi connectivity index (χ4n) is 3.57. The highest BCUT2D eigenvalue weighted by molar-refractivity contribution is 7.16. The Morgan fingerprint density at radius 3 is 2.62 bits per heavy atom. The van der Waals surface area contributed by atoms with Crippen LogP contribution in [0.5, 0.6) is 5.75 Å². The second-order valence-corrected chi connectivity index (χ2v) is 8.09. The van der Waals surface area contributed by atoms with Gasteiger partial charge in [-0.1, -0.05) is 19.8 Å². The maximum absolute atomic E-state index is 12.9. The van der Waals surface area contributed by atoms with Crippen LogP contribution in [0.2, 0.25) is 0 Å². The molecule has 1 saturated heterocycles. The van der Waals surface area contributed by atoms with Crippen LogP contribution in [0.15, 0.2) is 42.0 Å². The Morgan fingerprint density at radius 1 is 1.07 bits per heavy atom. The Labute approximate surface area is 175 Å². The summed E-state index contributed by atoms with van der Waals surface area (Å²) in [6.45, 7) is 5.81. The molecule has 6 nitrogen and oxygen atoms in total. The van der Waals surface area contributed by atoms with Crippen LogP contribution in [0.4, 0.5) is 5.82 Å². The number of aromatic nitrogens is 2. The standard InChI is InChI=1S/C22H26N4O2S/c1-2-3-4-14-28-18-7-5-17(6-8-18)22(27)26-12-10-25(11-13-26)20-19-9-15-29-21(19)24-16-23-20/h5-9,15-16H,2-4,10-14H2,1H3. The van der Waals surface area contributed by atoms with Gasteiger partial charge in [0.25, 0.3) is 5.91 Å². The molecule has 0 radical (unpaired) electrons. The molecule has 3 heterocycles. The number of unbranched alkanes of at least 4 members (excludes halogenated alkanes) is 2. The fraction of sp³-hybridized carbons (Fsp3) is 0.409. The van der Waals surface area contributed by atoms with Crippen LogP contribution in [-0.4, -0.2) is 53.6 Å². The van der Waals surface area contributed by atoms with Crippen LogP contribution in [0, 0.1) is 0 Å². The quantitative estimate of drug-likeness (QED) is 0.546. The molecule has 29 heavy (non-hydrogen) atoms. The van der Waals surface area contributed by atoms with E-state index in [1.165, 1.54) is 12.8 Å². The number of anilines is 1. The zero-order valence-electron chi connectivity index (χ0n) is 16.7. The van der Waals surface area contributed by atoms with Gasteiger partial charge in [-0.05, 0) is 42.1 Å². The molecule has 1 aliphatic rings. The summed E-state index contributed by atoms with van der Waals surface area (Å²) in [6, 6.07) is 9.58. The van der Waals surface area contributed by atoms with Gasteiger partial charge in [0, 0.05) is 31.7 Å². The number of benzene rings is 1. The maximum Gasteiger partial charge on any atom is 0.253 e. The SMILES string of the molecule is CCCCCOc1ccc(C(=O)N2CCN(c3ncnc4sccc34)CC2)cc1. The second-order valence-electron chi connectivity index (χ2n) is 7.20. The first-order chi connectivity index (χ1) is 14.3. The van der Waals surface area contributed by atoms with Gasteiger partial charge in [-0.25, -0.2) is 9.97 Å². The normalized spacial score (nSPS) is 14.4. The molecule has 0 atom stereocenters. The van der Waals surface area contributed by atoms with Gasteiger partial charge in [-0.3, -0.25) is 4.79 Å².